The number of hydrogen-bond donors (Lipinski definition) is 1. The molecule has 2 N–H and O–H groups in total. The highest BCUT2D eigenvalue weighted by Gasteiger charge is 2.11. The zero-order valence-corrected chi connectivity index (χ0v) is 11.2. The van der Waals surface area contributed by atoms with Gasteiger partial charge >= 0.3 is 0 Å². The monoisotopic (exact) mass is 293 g/mol. The third-order valence-electron chi connectivity index (χ3n) is 2.79. The molecule has 0 unspecified atom stereocenters. The summed E-state index contributed by atoms with van der Waals surface area (Å²) in [4.78, 5) is 12.2. The number of halogens is 2. The van der Waals surface area contributed by atoms with Crippen molar-refractivity contribution in [2.75, 3.05) is 5.73 Å². The fraction of sp³-hybridized carbons (Fsp3) is 0.0833. The van der Waals surface area contributed by atoms with Crippen LogP contribution in [0.1, 0.15) is 5.56 Å². The van der Waals surface area contributed by atoms with Crippen LogP contribution in [0.4, 0.5) is 5.69 Å². The Morgan fingerprint density at radius 3 is 2.74 bits per heavy atom. The number of hydrogen-bond acceptors (Lipinski definition) is 4. The molecule has 0 aliphatic heterocycles. The van der Waals surface area contributed by atoms with Gasteiger partial charge in [0.2, 0.25) is 5.28 Å². The smallest absolute Gasteiger partial charge is 0.225 e. The van der Waals surface area contributed by atoms with Gasteiger partial charge in [-0.2, -0.15) is 4.98 Å². The molecule has 0 radical (unpaired) electrons. The number of aromatic nitrogens is 4. The maximum atomic E-state index is 5.97. The fourth-order valence-corrected chi connectivity index (χ4v) is 2.28. The Labute approximate surface area is 119 Å². The molecule has 0 atom stereocenters. The van der Waals surface area contributed by atoms with Gasteiger partial charge in [0.25, 0.3) is 0 Å². The van der Waals surface area contributed by atoms with E-state index in [-0.39, 0.29) is 10.4 Å². The van der Waals surface area contributed by atoms with E-state index in [9.17, 15) is 0 Å². The average molecular weight is 294 g/mol. The maximum absolute atomic E-state index is 5.97. The molecule has 0 spiro atoms. The molecule has 19 heavy (non-hydrogen) atoms. The number of nitrogen functional groups attached to an aromatic ring is 1. The van der Waals surface area contributed by atoms with E-state index in [0.29, 0.717) is 17.7 Å². The lowest BCUT2D eigenvalue weighted by Gasteiger charge is -2.06. The van der Waals surface area contributed by atoms with Crippen LogP contribution in [0.2, 0.25) is 10.4 Å². The van der Waals surface area contributed by atoms with E-state index in [1.54, 1.807) is 6.33 Å². The Balaban J connectivity index is 2.09. The summed E-state index contributed by atoms with van der Waals surface area (Å²) in [6.45, 7) is 0.548. The van der Waals surface area contributed by atoms with Crippen molar-refractivity contribution in [2.24, 2.45) is 0 Å². The first-order valence-corrected chi connectivity index (χ1v) is 6.28. The van der Waals surface area contributed by atoms with Gasteiger partial charge in [-0.1, -0.05) is 29.8 Å². The molecule has 3 aromatic rings. The maximum Gasteiger partial charge on any atom is 0.225 e. The summed E-state index contributed by atoms with van der Waals surface area (Å²) in [5.41, 5.74) is 8.74. The number of anilines is 1. The molecule has 0 aliphatic carbocycles. The van der Waals surface area contributed by atoms with Crippen molar-refractivity contribution in [3.63, 3.8) is 0 Å². The molecule has 0 saturated carbocycles. The van der Waals surface area contributed by atoms with E-state index in [1.807, 2.05) is 28.8 Å². The van der Waals surface area contributed by atoms with E-state index in [0.717, 1.165) is 11.3 Å². The van der Waals surface area contributed by atoms with Gasteiger partial charge in [-0.15, -0.1) is 0 Å². The fourth-order valence-electron chi connectivity index (χ4n) is 1.86. The van der Waals surface area contributed by atoms with Crippen molar-refractivity contribution < 1.29 is 0 Å². The van der Waals surface area contributed by atoms with Crippen LogP contribution in [0.3, 0.4) is 0 Å². The summed E-state index contributed by atoms with van der Waals surface area (Å²) in [6.07, 6.45) is 1.65. The Bertz CT molecular complexity index is 753. The largest absolute Gasteiger partial charge is 0.398 e. The van der Waals surface area contributed by atoms with Gasteiger partial charge in [0.15, 0.2) is 10.8 Å². The minimum atomic E-state index is 0.0975. The van der Waals surface area contributed by atoms with Crippen molar-refractivity contribution in [1.29, 1.82) is 0 Å². The summed E-state index contributed by atoms with van der Waals surface area (Å²) in [7, 11) is 0. The van der Waals surface area contributed by atoms with E-state index in [4.69, 9.17) is 28.9 Å². The second-order valence-electron chi connectivity index (χ2n) is 4.03. The first-order chi connectivity index (χ1) is 9.15. The summed E-state index contributed by atoms with van der Waals surface area (Å²) in [5, 5.41) is 0.343. The lowest BCUT2D eigenvalue weighted by atomic mass is 10.2. The minimum absolute atomic E-state index is 0.0975. The average Bonchev–Trinajstić information content (AvgIpc) is 2.76. The zero-order valence-electron chi connectivity index (χ0n) is 9.72. The normalized spacial score (nSPS) is 11.1. The van der Waals surface area contributed by atoms with Gasteiger partial charge in [0.1, 0.15) is 5.52 Å². The number of benzene rings is 1. The molecule has 0 amide bonds. The molecule has 3 rings (SSSR count). The molecule has 5 nitrogen and oxygen atoms in total. The first kappa shape index (κ1) is 12.2. The summed E-state index contributed by atoms with van der Waals surface area (Å²) < 4.78 is 1.83. The van der Waals surface area contributed by atoms with E-state index >= 15 is 0 Å². The number of imidazole rings is 1. The Hall–Kier alpha value is -1.85. The van der Waals surface area contributed by atoms with Crippen molar-refractivity contribution >= 4 is 40.1 Å². The van der Waals surface area contributed by atoms with E-state index < -0.39 is 0 Å². The van der Waals surface area contributed by atoms with E-state index in [2.05, 4.69) is 15.0 Å². The predicted octanol–water partition coefficient (Wildman–Crippen LogP) is 2.76. The Morgan fingerprint density at radius 1 is 1.16 bits per heavy atom. The van der Waals surface area contributed by atoms with Gasteiger partial charge in [0.05, 0.1) is 12.9 Å². The topological polar surface area (TPSA) is 69.6 Å². The van der Waals surface area contributed by atoms with Crippen LogP contribution >= 0.6 is 23.2 Å². The lowest BCUT2D eigenvalue weighted by Crippen LogP contribution is -2.03. The second-order valence-corrected chi connectivity index (χ2v) is 4.72. The van der Waals surface area contributed by atoms with Crippen LogP contribution in [0.25, 0.3) is 11.2 Å². The molecule has 96 valence electrons. The molecule has 2 aromatic heterocycles. The SMILES string of the molecule is Nc1ccccc1Cn1cnc2c(Cl)nc(Cl)nc21. The molecule has 0 aliphatic rings. The molecule has 1 aromatic carbocycles. The minimum Gasteiger partial charge on any atom is -0.398 e. The second kappa shape index (κ2) is 4.68. The first-order valence-electron chi connectivity index (χ1n) is 5.52. The van der Waals surface area contributed by atoms with Gasteiger partial charge in [-0.25, -0.2) is 9.97 Å². The van der Waals surface area contributed by atoms with Crippen LogP contribution in [-0.2, 0) is 6.54 Å². The van der Waals surface area contributed by atoms with E-state index in [1.165, 1.54) is 0 Å². The van der Waals surface area contributed by atoms with Gasteiger partial charge in [-0.05, 0) is 23.2 Å². The van der Waals surface area contributed by atoms with Gasteiger partial charge in [0, 0.05) is 5.69 Å². The standard InChI is InChI=1S/C12H9Cl2N5/c13-10-9-11(18-12(14)17-10)19(6-16-9)5-7-3-1-2-4-8(7)15/h1-4,6H,5,15H2. The highest BCUT2D eigenvalue weighted by molar-refractivity contribution is 6.35. The van der Waals surface area contributed by atoms with Crippen LogP contribution in [0.15, 0.2) is 30.6 Å². The van der Waals surface area contributed by atoms with Gasteiger partial charge in [-0.3, -0.25) is 0 Å². The van der Waals surface area contributed by atoms with Crippen LogP contribution < -0.4 is 5.73 Å². The number of nitrogens with zero attached hydrogens (tertiary/aromatic N) is 4. The van der Waals surface area contributed by atoms with Crippen LogP contribution in [0.5, 0.6) is 0 Å². The Kier molecular flexibility index (Phi) is 3.00. The Morgan fingerprint density at radius 2 is 1.95 bits per heavy atom. The summed E-state index contributed by atoms with van der Waals surface area (Å²) in [6, 6.07) is 7.62. The number of nitrogens with two attached hydrogens (primary N) is 1. The summed E-state index contributed by atoms with van der Waals surface area (Å²) >= 11 is 11.8. The molecular weight excluding hydrogens is 285 g/mol. The zero-order chi connectivity index (χ0) is 13.4. The highest BCUT2D eigenvalue weighted by Crippen LogP contribution is 2.22. The number of rotatable bonds is 2. The molecule has 2 heterocycles. The summed E-state index contributed by atoms with van der Waals surface area (Å²) in [5.74, 6) is 0. The quantitative estimate of drug-likeness (QED) is 0.448. The van der Waals surface area contributed by atoms with Gasteiger partial charge < -0.3 is 10.3 Å². The molecule has 0 bridgehead atoms. The predicted molar refractivity (Wildman–Crippen MR) is 75.3 cm³/mol. The van der Waals surface area contributed by atoms with Crippen molar-refractivity contribution in [1.82, 2.24) is 19.5 Å². The van der Waals surface area contributed by atoms with Crippen LogP contribution in [-0.4, -0.2) is 19.5 Å². The molecule has 0 fully saturated rings. The third kappa shape index (κ3) is 2.22. The lowest BCUT2D eigenvalue weighted by molar-refractivity contribution is 0.815. The highest BCUT2D eigenvalue weighted by atomic mass is 35.5. The van der Waals surface area contributed by atoms with Crippen molar-refractivity contribution in [3.05, 3.63) is 46.6 Å². The third-order valence-corrected chi connectivity index (χ3v) is 3.22. The van der Waals surface area contributed by atoms with Crippen molar-refractivity contribution in [3.8, 4) is 0 Å². The van der Waals surface area contributed by atoms with Crippen LogP contribution in [0, 0.1) is 0 Å². The number of fused-ring (bicyclic) bond motifs is 1. The molecule has 0 saturated heterocycles. The molecule has 7 heteroatoms. The van der Waals surface area contributed by atoms with Crippen molar-refractivity contribution in [2.45, 2.75) is 6.54 Å². The number of para-hydroxylation sites is 1. The molecular formula is C12H9Cl2N5.